The fourth-order valence-electron chi connectivity index (χ4n) is 2.79. The molecule has 1 atom stereocenters. The molecule has 2 fully saturated rings. The van der Waals surface area contributed by atoms with Crippen LogP contribution in [0, 0.1) is 12.8 Å². The van der Waals surface area contributed by atoms with E-state index in [1.54, 1.807) is 0 Å². The Balaban J connectivity index is 0.00000147. The fraction of sp³-hybridized carbons (Fsp3) is 0.562. The second-order valence-electron chi connectivity index (χ2n) is 6.16. The van der Waals surface area contributed by atoms with Gasteiger partial charge in [0, 0.05) is 12.6 Å². The van der Waals surface area contributed by atoms with Crippen LogP contribution in [0.3, 0.4) is 0 Å². The number of rotatable bonds is 5. The number of benzene rings is 1. The van der Waals surface area contributed by atoms with Gasteiger partial charge in [-0.1, -0.05) is 29.8 Å². The Morgan fingerprint density at radius 3 is 2.70 bits per heavy atom. The molecule has 0 aliphatic heterocycles. The quantitative estimate of drug-likeness (QED) is 0.875. The molecule has 1 aromatic carbocycles. The van der Waals surface area contributed by atoms with Gasteiger partial charge in [0.1, 0.15) is 0 Å². The summed E-state index contributed by atoms with van der Waals surface area (Å²) in [5.41, 5.74) is 8.14. The van der Waals surface area contributed by atoms with Crippen molar-refractivity contribution in [3.63, 3.8) is 0 Å². The Morgan fingerprint density at radius 2 is 2.15 bits per heavy atom. The van der Waals surface area contributed by atoms with Crippen molar-refractivity contribution in [2.24, 2.45) is 11.7 Å². The molecule has 0 heterocycles. The van der Waals surface area contributed by atoms with Crippen molar-refractivity contribution in [1.82, 2.24) is 5.32 Å². The molecule has 0 radical (unpaired) electrons. The molecule has 4 heteroatoms. The van der Waals surface area contributed by atoms with Crippen LogP contribution >= 0.6 is 12.4 Å². The third-order valence-electron chi connectivity index (χ3n) is 4.48. The lowest BCUT2D eigenvalue weighted by Gasteiger charge is -2.18. The molecule has 110 valence electrons. The van der Waals surface area contributed by atoms with Gasteiger partial charge < -0.3 is 11.1 Å². The molecule has 1 aromatic rings. The summed E-state index contributed by atoms with van der Waals surface area (Å²) in [6, 6.07) is 8.44. The molecular formula is C16H23ClN2O. The van der Waals surface area contributed by atoms with Crippen LogP contribution in [-0.2, 0) is 10.2 Å². The Kier molecular flexibility index (Phi) is 4.40. The van der Waals surface area contributed by atoms with Crippen LogP contribution in [0.1, 0.15) is 36.8 Å². The number of amides is 1. The number of nitrogens with one attached hydrogen (secondary N) is 1. The number of hydrogen-bond donors (Lipinski definition) is 2. The minimum Gasteiger partial charge on any atom is -0.354 e. The predicted molar refractivity (Wildman–Crippen MR) is 83.0 cm³/mol. The van der Waals surface area contributed by atoms with Gasteiger partial charge in [-0.3, -0.25) is 4.79 Å². The van der Waals surface area contributed by atoms with Gasteiger partial charge in [-0.2, -0.15) is 0 Å². The molecule has 2 aliphatic rings. The zero-order valence-corrected chi connectivity index (χ0v) is 12.7. The highest BCUT2D eigenvalue weighted by Crippen LogP contribution is 2.48. The summed E-state index contributed by atoms with van der Waals surface area (Å²) in [6.45, 7) is 2.69. The van der Waals surface area contributed by atoms with Gasteiger partial charge in [0.2, 0.25) is 5.91 Å². The number of carbonyl (C=O) groups is 1. The monoisotopic (exact) mass is 294 g/mol. The third kappa shape index (κ3) is 2.99. The van der Waals surface area contributed by atoms with E-state index in [-0.39, 0.29) is 29.8 Å². The molecule has 2 aliphatic carbocycles. The Bertz CT molecular complexity index is 495. The van der Waals surface area contributed by atoms with E-state index in [0.29, 0.717) is 12.5 Å². The lowest BCUT2D eigenvalue weighted by molar-refractivity contribution is -0.123. The average molecular weight is 295 g/mol. The van der Waals surface area contributed by atoms with Gasteiger partial charge in [0.25, 0.3) is 0 Å². The molecule has 3 N–H and O–H groups in total. The Hall–Kier alpha value is -1.06. The molecule has 3 rings (SSSR count). The highest BCUT2D eigenvalue weighted by atomic mass is 35.5. The summed E-state index contributed by atoms with van der Waals surface area (Å²) in [4.78, 5) is 12.4. The second kappa shape index (κ2) is 5.74. The molecule has 3 nitrogen and oxygen atoms in total. The molecule has 0 bridgehead atoms. The number of halogens is 1. The van der Waals surface area contributed by atoms with E-state index in [1.165, 1.54) is 18.4 Å². The number of hydrogen-bond acceptors (Lipinski definition) is 2. The van der Waals surface area contributed by atoms with E-state index >= 15 is 0 Å². The van der Waals surface area contributed by atoms with Crippen molar-refractivity contribution in [2.75, 3.05) is 6.54 Å². The van der Waals surface area contributed by atoms with Crippen LogP contribution in [-0.4, -0.2) is 18.5 Å². The summed E-state index contributed by atoms with van der Waals surface area (Å²) in [5.74, 6) is 0.795. The van der Waals surface area contributed by atoms with Crippen LogP contribution in [0.5, 0.6) is 0 Å². The van der Waals surface area contributed by atoms with E-state index in [4.69, 9.17) is 5.73 Å². The van der Waals surface area contributed by atoms with Gasteiger partial charge in [-0.15, -0.1) is 12.4 Å². The standard InChI is InChI=1S/C16H22N2O.ClH/c1-11-3-2-4-13(9-11)16(7-8-16)15(19)18-10-14(17)12-5-6-12;/h2-4,9,12,14H,5-8,10,17H2,1H3,(H,18,19);1H. The summed E-state index contributed by atoms with van der Waals surface area (Å²) >= 11 is 0. The lowest BCUT2D eigenvalue weighted by Crippen LogP contribution is -2.43. The normalized spacial score (nSPS) is 20.7. The van der Waals surface area contributed by atoms with Crippen LogP contribution in [0.2, 0.25) is 0 Å². The van der Waals surface area contributed by atoms with Crippen molar-refractivity contribution < 1.29 is 4.79 Å². The zero-order valence-electron chi connectivity index (χ0n) is 11.9. The highest BCUT2D eigenvalue weighted by molar-refractivity contribution is 5.91. The summed E-state index contributed by atoms with van der Waals surface area (Å²) < 4.78 is 0. The topological polar surface area (TPSA) is 55.1 Å². The van der Waals surface area contributed by atoms with E-state index in [0.717, 1.165) is 18.4 Å². The van der Waals surface area contributed by atoms with Gasteiger partial charge in [0.15, 0.2) is 0 Å². The molecular weight excluding hydrogens is 272 g/mol. The van der Waals surface area contributed by atoms with Crippen LogP contribution in [0.25, 0.3) is 0 Å². The first kappa shape index (κ1) is 15.3. The fourth-order valence-corrected chi connectivity index (χ4v) is 2.79. The third-order valence-corrected chi connectivity index (χ3v) is 4.48. The molecule has 20 heavy (non-hydrogen) atoms. The molecule has 0 saturated heterocycles. The van der Waals surface area contributed by atoms with Crippen molar-refractivity contribution in [3.05, 3.63) is 35.4 Å². The number of aryl methyl sites for hydroxylation is 1. The van der Waals surface area contributed by atoms with Gasteiger partial charge in [0.05, 0.1) is 5.41 Å². The van der Waals surface area contributed by atoms with Crippen molar-refractivity contribution in [1.29, 1.82) is 0 Å². The summed E-state index contributed by atoms with van der Waals surface area (Å²) in [5, 5.41) is 3.06. The van der Waals surface area contributed by atoms with Crippen molar-refractivity contribution in [2.45, 2.75) is 44.1 Å². The minimum atomic E-state index is -0.269. The average Bonchev–Trinajstić information content (AvgIpc) is 3.29. The first-order valence-electron chi connectivity index (χ1n) is 7.23. The Morgan fingerprint density at radius 1 is 1.45 bits per heavy atom. The first-order valence-corrected chi connectivity index (χ1v) is 7.23. The van der Waals surface area contributed by atoms with E-state index in [2.05, 4.69) is 30.4 Å². The van der Waals surface area contributed by atoms with Crippen molar-refractivity contribution in [3.8, 4) is 0 Å². The van der Waals surface area contributed by atoms with Gasteiger partial charge >= 0.3 is 0 Å². The maximum absolute atomic E-state index is 12.4. The van der Waals surface area contributed by atoms with Gasteiger partial charge in [-0.05, 0) is 44.1 Å². The Labute approximate surface area is 126 Å². The maximum atomic E-state index is 12.4. The van der Waals surface area contributed by atoms with Crippen LogP contribution in [0.4, 0.5) is 0 Å². The summed E-state index contributed by atoms with van der Waals surface area (Å²) in [6.07, 6.45) is 4.36. The SMILES string of the molecule is Cc1cccc(C2(C(=O)NCC(N)C3CC3)CC2)c1.Cl. The molecule has 0 spiro atoms. The predicted octanol–water partition coefficient (Wildman–Crippen LogP) is 2.30. The van der Waals surface area contributed by atoms with Crippen LogP contribution < -0.4 is 11.1 Å². The van der Waals surface area contributed by atoms with Crippen LogP contribution in [0.15, 0.2) is 24.3 Å². The lowest BCUT2D eigenvalue weighted by atomic mass is 9.93. The van der Waals surface area contributed by atoms with E-state index in [9.17, 15) is 4.79 Å². The molecule has 1 unspecified atom stereocenters. The first-order chi connectivity index (χ1) is 9.12. The highest BCUT2D eigenvalue weighted by Gasteiger charge is 2.51. The van der Waals surface area contributed by atoms with E-state index in [1.807, 2.05) is 6.07 Å². The second-order valence-corrected chi connectivity index (χ2v) is 6.16. The molecule has 2 saturated carbocycles. The largest absolute Gasteiger partial charge is 0.354 e. The van der Waals surface area contributed by atoms with Crippen molar-refractivity contribution >= 4 is 18.3 Å². The molecule has 0 aromatic heterocycles. The molecule has 1 amide bonds. The maximum Gasteiger partial charge on any atom is 0.230 e. The number of nitrogens with two attached hydrogens (primary N) is 1. The van der Waals surface area contributed by atoms with E-state index < -0.39 is 0 Å². The van der Waals surface area contributed by atoms with Gasteiger partial charge in [-0.25, -0.2) is 0 Å². The zero-order chi connectivity index (χ0) is 13.5. The number of carbonyl (C=O) groups excluding carboxylic acids is 1. The summed E-state index contributed by atoms with van der Waals surface area (Å²) in [7, 11) is 0. The smallest absolute Gasteiger partial charge is 0.230 e. The minimum absolute atomic E-state index is 0.